The Balaban J connectivity index is 2.42. The Labute approximate surface area is 89.8 Å². The molecule has 0 fully saturated rings. The van der Waals surface area contributed by atoms with Crippen LogP contribution in [-0.2, 0) is 6.42 Å². The van der Waals surface area contributed by atoms with Gasteiger partial charge in [-0.3, -0.25) is 4.98 Å². The molecular weight excluding hydrogens is 184 g/mol. The number of nitrogens with zero attached hydrogens (tertiary/aromatic N) is 1. The van der Waals surface area contributed by atoms with E-state index in [1.165, 1.54) is 5.56 Å². The number of aryl methyl sites for hydroxylation is 1. The maximum absolute atomic E-state index is 5.86. The van der Waals surface area contributed by atoms with Crippen molar-refractivity contribution in [1.82, 2.24) is 4.98 Å². The van der Waals surface area contributed by atoms with E-state index >= 15 is 0 Å². The average molecular weight is 198 g/mol. The maximum atomic E-state index is 5.86. The van der Waals surface area contributed by atoms with Gasteiger partial charge in [0.25, 0.3) is 0 Å². The van der Waals surface area contributed by atoms with Gasteiger partial charge in [-0.1, -0.05) is 31.2 Å². The van der Waals surface area contributed by atoms with Gasteiger partial charge in [0.15, 0.2) is 0 Å². The van der Waals surface area contributed by atoms with Crippen LogP contribution in [0.15, 0.2) is 42.7 Å². The minimum Gasteiger partial charge on any atom is -0.397 e. The standard InChI is InChI=1S/C13H14N2/c1-2-10-3-5-11(6-4-10)12-7-8-15-9-13(12)14/h3-9H,2,14H2,1H3. The lowest BCUT2D eigenvalue weighted by Crippen LogP contribution is -1.91. The van der Waals surface area contributed by atoms with Crippen molar-refractivity contribution in [2.24, 2.45) is 0 Å². The molecule has 1 aromatic carbocycles. The molecular formula is C13H14N2. The molecule has 0 aliphatic rings. The van der Waals surface area contributed by atoms with Crippen molar-refractivity contribution in [3.63, 3.8) is 0 Å². The summed E-state index contributed by atoms with van der Waals surface area (Å²) in [6.45, 7) is 2.15. The van der Waals surface area contributed by atoms with Crippen molar-refractivity contribution in [3.05, 3.63) is 48.3 Å². The third kappa shape index (κ3) is 1.99. The molecule has 0 saturated heterocycles. The first kappa shape index (κ1) is 9.71. The Bertz CT molecular complexity index is 446. The highest BCUT2D eigenvalue weighted by molar-refractivity contribution is 5.75. The Kier molecular flexibility index (Phi) is 2.68. The number of hydrogen-bond donors (Lipinski definition) is 1. The Morgan fingerprint density at radius 1 is 1.13 bits per heavy atom. The Hall–Kier alpha value is -1.83. The smallest absolute Gasteiger partial charge is 0.0580 e. The predicted molar refractivity (Wildman–Crippen MR) is 63.5 cm³/mol. The van der Waals surface area contributed by atoms with Gasteiger partial charge in [0, 0.05) is 11.8 Å². The van der Waals surface area contributed by atoms with E-state index in [2.05, 4.69) is 36.2 Å². The van der Waals surface area contributed by atoms with Gasteiger partial charge in [0.1, 0.15) is 0 Å². The zero-order chi connectivity index (χ0) is 10.7. The highest BCUT2D eigenvalue weighted by Gasteiger charge is 2.01. The summed E-state index contributed by atoms with van der Waals surface area (Å²) in [6.07, 6.45) is 4.51. The molecule has 76 valence electrons. The number of rotatable bonds is 2. The molecule has 2 rings (SSSR count). The SMILES string of the molecule is CCc1ccc(-c2ccncc2N)cc1. The number of nitrogens with two attached hydrogens (primary N) is 1. The number of aromatic nitrogens is 1. The summed E-state index contributed by atoms with van der Waals surface area (Å²) in [7, 11) is 0. The van der Waals surface area contributed by atoms with Crippen molar-refractivity contribution in [1.29, 1.82) is 0 Å². The summed E-state index contributed by atoms with van der Waals surface area (Å²) in [5.41, 5.74) is 10.1. The topological polar surface area (TPSA) is 38.9 Å². The van der Waals surface area contributed by atoms with Gasteiger partial charge in [-0.05, 0) is 23.6 Å². The summed E-state index contributed by atoms with van der Waals surface area (Å²) in [4.78, 5) is 3.98. The molecule has 0 amide bonds. The number of anilines is 1. The van der Waals surface area contributed by atoms with Crippen LogP contribution in [0.25, 0.3) is 11.1 Å². The van der Waals surface area contributed by atoms with Gasteiger partial charge in [-0.25, -0.2) is 0 Å². The maximum Gasteiger partial charge on any atom is 0.0580 e. The van der Waals surface area contributed by atoms with Gasteiger partial charge in [-0.15, -0.1) is 0 Å². The molecule has 0 aliphatic carbocycles. The summed E-state index contributed by atoms with van der Waals surface area (Å²) >= 11 is 0. The lowest BCUT2D eigenvalue weighted by Gasteiger charge is -2.05. The van der Waals surface area contributed by atoms with Gasteiger partial charge in [0.2, 0.25) is 0 Å². The van der Waals surface area contributed by atoms with Gasteiger partial charge < -0.3 is 5.73 Å². The average Bonchev–Trinajstić information content (AvgIpc) is 2.30. The van der Waals surface area contributed by atoms with Crippen LogP contribution >= 0.6 is 0 Å². The first-order chi connectivity index (χ1) is 7.31. The van der Waals surface area contributed by atoms with Crippen molar-refractivity contribution >= 4 is 5.69 Å². The molecule has 0 bridgehead atoms. The second-order valence-corrected chi connectivity index (χ2v) is 3.51. The third-order valence-corrected chi connectivity index (χ3v) is 2.53. The number of pyridine rings is 1. The van der Waals surface area contributed by atoms with Gasteiger partial charge in [-0.2, -0.15) is 0 Å². The second kappa shape index (κ2) is 4.13. The minimum absolute atomic E-state index is 0.724. The molecule has 0 unspecified atom stereocenters. The normalized spacial score (nSPS) is 10.2. The summed E-state index contributed by atoms with van der Waals surface area (Å²) in [5, 5.41) is 0. The fraction of sp³-hybridized carbons (Fsp3) is 0.154. The minimum atomic E-state index is 0.724. The Morgan fingerprint density at radius 3 is 2.47 bits per heavy atom. The van der Waals surface area contributed by atoms with Crippen LogP contribution < -0.4 is 5.73 Å². The predicted octanol–water partition coefficient (Wildman–Crippen LogP) is 2.89. The van der Waals surface area contributed by atoms with E-state index < -0.39 is 0 Å². The van der Waals surface area contributed by atoms with Crippen LogP contribution in [0.5, 0.6) is 0 Å². The lowest BCUT2D eigenvalue weighted by atomic mass is 10.0. The van der Waals surface area contributed by atoms with Gasteiger partial charge >= 0.3 is 0 Å². The fourth-order valence-corrected chi connectivity index (χ4v) is 1.59. The van der Waals surface area contributed by atoms with Crippen molar-refractivity contribution in [2.45, 2.75) is 13.3 Å². The van der Waals surface area contributed by atoms with E-state index in [1.54, 1.807) is 12.4 Å². The molecule has 2 heteroatoms. The molecule has 1 aromatic heterocycles. The lowest BCUT2D eigenvalue weighted by molar-refractivity contribution is 1.14. The largest absolute Gasteiger partial charge is 0.397 e. The van der Waals surface area contributed by atoms with Crippen molar-refractivity contribution < 1.29 is 0 Å². The van der Waals surface area contributed by atoms with Crippen LogP contribution in [0.4, 0.5) is 5.69 Å². The molecule has 0 spiro atoms. The molecule has 0 saturated carbocycles. The second-order valence-electron chi connectivity index (χ2n) is 3.51. The molecule has 1 heterocycles. The molecule has 0 atom stereocenters. The van der Waals surface area contributed by atoms with Crippen LogP contribution in [0, 0.1) is 0 Å². The first-order valence-electron chi connectivity index (χ1n) is 5.10. The van der Waals surface area contributed by atoms with Crippen molar-refractivity contribution in [3.8, 4) is 11.1 Å². The first-order valence-corrected chi connectivity index (χ1v) is 5.10. The fourth-order valence-electron chi connectivity index (χ4n) is 1.59. The van der Waals surface area contributed by atoms with Crippen LogP contribution in [0.3, 0.4) is 0 Å². The van der Waals surface area contributed by atoms with Gasteiger partial charge in [0.05, 0.1) is 11.9 Å². The van der Waals surface area contributed by atoms with E-state index in [9.17, 15) is 0 Å². The Morgan fingerprint density at radius 2 is 1.87 bits per heavy atom. The van der Waals surface area contributed by atoms with Crippen LogP contribution in [0.1, 0.15) is 12.5 Å². The quantitative estimate of drug-likeness (QED) is 0.805. The molecule has 0 aliphatic heterocycles. The molecule has 0 radical (unpaired) electrons. The van der Waals surface area contributed by atoms with E-state index in [0.717, 1.165) is 23.2 Å². The summed E-state index contributed by atoms with van der Waals surface area (Å²) < 4.78 is 0. The highest BCUT2D eigenvalue weighted by Crippen LogP contribution is 2.24. The van der Waals surface area contributed by atoms with E-state index in [-0.39, 0.29) is 0 Å². The third-order valence-electron chi connectivity index (χ3n) is 2.53. The van der Waals surface area contributed by atoms with Crippen LogP contribution in [-0.4, -0.2) is 4.98 Å². The van der Waals surface area contributed by atoms with E-state index in [1.807, 2.05) is 6.07 Å². The highest BCUT2D eigenvalue weighted by atomic mass is 14.7. The van der Waals surface area contributed by atoms with Crippen LogP contribution in [0.2, 0.25) is 0 Å². The molecule has 2 aromatic rings. The molecule has 2 nitrogen and oxygen atoms in total. The van der Waals surface area contributed by atoms with Crippen molar-refractivity contribution in [2.75, 3.05) is 5.73 Å². The van der Waals surface area contributed by atoms with E-state index in [4.69, 9.17) is 5.73 Å². The van der Waals surface area contributed by atoms with E-state index in [0.29, 0.717) is 0 Å². The summed E-state index contributed by atoms with van der Waals surface area (Å²) in [5.74, 6) is 0. The number of benzene rings is 1. The molecule has 2 N–H and O–H groups in total. The number of nitrogen functional groups attached to an aromatic ring is 1. The number of hydrogen-bond acceptors (Lipinski definition) is 2. The zero-order valence-corrected chi connectivity index (χ0v) is 8.77. The zero-order valence-electron chi connectivity index (χ0n) is 8.77. The molecule has 15 heavy (non-hydrogen) atoms. The monoisotopic (exact) mass is 198 g/mol. The summed E-state index contributed by atoms with van der Waals surface area (Å²) in [6, 6.07) is 10.4.